The number of urea groups is 1. The minimum Gasteiger partial charge on any atom is -0.338 e. The standard InChI is InChI=1S/C20H27N5O/c1-3-21-20(26)25-9-7-18(8-10-25)22-12-16-13-23-19(24-14-16)17-6-4-5-15(2)11-17/h4-6,11,13-14,18,22H,3,7-10,12H2,1-2H3,(H,21,26). The number of amides is 2. The SMILES string of the molecule is CCNC(=O)N1CCC(NCc2cnc(-c3cccc(C)c3)nc2)CC1. The topological polar surface area (TPSA) is 70.2 Å². The second-order valence-electron chi connectivity index (χ2n) is 6.76. The monoisotopic (exact) mass is 353 g/mol. The molecular formula is C20H27N5O. The highest BCUT2D eigenvalue weighted by Gasteiger charge is 2.21. The van der Waals surface area contributed by atoms with Crippen molar-refractivity contribution in [1.29, 1.82) is 0 Å². The maximum absolute atomic E-state index is 11.8. The molecule has 3 rings (SSSR count). The highest BCUT2D eigenvalue weighted by atomic mass is 16.2. The van der Waals surface area contributed by atoms with Gasteiger partial charge in [0.15, 0.2) is 5.82 Å². The third kappa shape index (κ3) is 4.79. The van der Waals surface area contributed by atoms with Crippen LogP contribution in [0.3, 0.4) is 0 Å². The van der Waals surface area contributed by atoms with Crippen LogP contribution >= 0.6 is 0 Å². The fourth-order valence-corrected chi connectivity index (χ4v) is 3.19. The largest absolute Gasteiger partial charge is 0.338 e. The van der Waals surface area contributed by atoms with E-state index >= 15 is 0 Å². The Hall–Kier alpha value is -2.47. The first-order valence-electron chi connectivity index (χ1n) is 9.30. The van der Waals surface area contributed by atoms with E-state index in [0.717, 1.165) is 49.4 Å². The Kier molecular flexibility index (Phi) is 6.17. The predicted molar refractivity (Wildman–Crippen MR) is 103 cm³/mol. The van der Waals surface area contributed by atoms with Gasteiger partial charge in [-0.1, -0.05) is 23.8 Å². The molecule has 6 nitrogen and oxygen atoms in total. The first-order chi connectivity index (χ1) is 12.7. The predicted octanol–water partition coefficient (Wildman–Crippen LogP) is 2.74. The van der Waals surface area contributed by atoms with Crippen LogP contribution in [0.5, 0.6) is 0 Å². The number of rotatable bonds is 5. The maximum Gasteiger partial charge on any atom is 0.317 e. The van der Waals surface area contributed by atoms with E-state index < -0.39 is 0 Å². The van der Waals surface area contributed by atoms with Crippen molar-refractivity contribution in [3.8, 4) is 11.4 Å². The molecule has 138 valence electrons. The van der Waals surface area contributed by atoms with E-state index in [-0.39, 0.29) is 6.03 Å². The number of nitrogens with zero attached hydrogens (tertiary/aromatic N) is 3. The molecule has 0 bridgehead atoms. The van der Waals surface area contributed by atoms with Crippen molar-refractivity contribution in [3.05, 3.63) is 47.8 Å². The molecule has 0 unspecified atom stereocenters. The van der Waals surface area contributed by atoms with Crippen LogP contribution in [0.4, 0.5) is 4.79 Å². The molecule has 2 heterocycles. The molecule has 26 heavy (non-hydrogen) atoms. The van der Waals surface area contributed by atoms with Crippen molar-refractivity contribution < 1.29 is 4.79 Å². The second-order valence-corrected chi connectivity index (χ2v) is 6.76. The minimum atomic E-state index is 0.0473. The zero-order valence-electron chi connectivity index (χ0n) is 15.5. The molecule has 1 saturated heterocycles. The molecule has 0 atom stereocenters. The van der Waals surface area contributed by atoms with Gasteiger partial charge in [-0.25, -0.2) is 14.8 Å². The van der Waals surface area contributed by atoms with Crippen molar-refractivity contribution in [2.24, 2.45) is 0 Å². The van der Waals surface area contributed by atoms with E-state index in [1.165, 1.54) is 5.56 Å². The Balaban J connectivity index is 1.48. The van der Waals surface area contributed by atoms with Gasteiger partial charge in [0.05, 0.1) is 0 Å². The molecular weight excluding hydrogens is 326 g/mol. The van der Waals surface area contributed by atoms with E-state index in [2.05, 4.69) is 39.7 Å². The number of hydrogen-bond acceptors (Lipinski definition) is 4. The summed E-state index contributed by atoms with van der Waals surface area (Å²) >= 11 is 0. The third-order valence-corrected chi connectivity index (χ3v) is 4.69. The van der Waals surface area contributed by atoms with Gasteiger partial charge in [0, 0.05) is 55.7 Å². The number of hydrogen-bond donors (Lipinski definition) is 2. The van der Waals surface area contributed by atoms with Crippen LogP contribution in [-0.2, 0) is 6.54 Å². The molecule has 2 N–H and O–H groups in total. The summed E-state index contributed by atoms with van der Waals surface area (Å²) in [6.45, 7) is 7.03. The summed E-state index contributed by atoms with van der Waals surface area (Å²) in [5.74, 6) is 0.757. The first-order valence-corrected chi connectivity index (χ1v) is 9.30. The van der Waals surface area contributed by atoms with E-state index in [0.29, 0.717) is 12.6 Å². The van der Waals surface area contributed by atoms with Gasteiger partial charge in [-0.15, -0.1) is 0 Å². The number of carbonyl (C=O) groups is 1. The molecule has 6 heteroatoms. The number of aryl methyl sites for hydroxylation is 1. The minimum absolute atomic E-state index is 0.0473. The Bertz CT molecular complexity index is 723. The van der Waals surface area contributed by atoms with Gasteiger partial charge in [0.1, 0.15) is 0 Å². The lowest BCUT2D eigenvalue weighted by Crippen LogP contribution is -2.48. The Morgan fingerprint density at radius 2 is 1.96 bits per heavy atom. The Morgan fingerprint density at radius 3 is 2.62 bits per heavy atom. The molecule has 1 aliphatic rings. The highest BCUT2D eigenvalue weighted by molar-refractivity contribution is 5.74. The molecule has 1 aromatic heterocycles. The molecule has 2 aromatic rings. The quantitative estimate of drug-likeness (QED) is 0.867. The molecule has 1 aliphatic heterocycles. The van der Waals surface area contributed by atoms with E-state index in [1.807, 2.05) is 36.4 Å². The van der Waals surface area contributed by atoms with Crippen LogP contribution in [0.1, 0.15) is 30.9 Å². The summed E-state index contributed by atoms with van der Waals surface area (Å²) < 4.78 is 0. The van der Waals surface area contributed by atoms with Crippen molar-refractivity contribution in [2.45, 2.75) is 39.3 Å². The molecule has 1 aromatic carbocycles. The van der Waals surface area contributed by atoms with Crippen LogP contribution < -0.4 is 10.6 Å². The number of likely N-dealkylation sites (tertiary alicyclic amines) is 1. The number of nitrogens with one attached hydrogen (secondary N) is 2. The zero-order chi connectivity index (χ0) is 18.4. The van der Waals surface area contributed by atoms with Crippen molar-refractivity contribution in [3.63, 3.8) is 0 Å². The smallest absolute Gasteiger partial charge is 0.317 e. The van der Waals surface area contributed by atoms with Gasteiger partial charge < -0.3 is 15.5 Å². The average molecular weight is 353 g/mol. The van der Waals surface area contributed by atoms with Crippen LogP contribution in [0.25, 0.3) is 11.4 Å². The van der Waals surface area contributed by atoms with Gasteiger partial charge in [-0.2, -0.15) is 0 Å². The van der Waals surface area contributed by atoms with Crippen molar-refractivity contribution >= 4 is 6.03 Å². The molecule has 0 radical (unpaired) electrons. The van der Waals surface area contributed by atoms with Crippen molar-refractivity contribution in [2.75, 3.05) is 19.6 Å². The van der Waals surface area contributed by atoms with Gasteiger partial charge in [-0.05, 0) is 32.8 Å². The number of carbonyl (C=O) groups excluding carboxylic acids is 1. The molecule has 2 amide bonds. The normalized spacial score (nSPS) is 15.1. The zero-order valence-corrected chi connectivity index (χ0v) is 15.5. The van der Waals surface area contributed by atoms with Crippen molar-refractivity contribution in [1.82, 2.24) is 25.5 Å². The lowest BCUT2D eigenvalue weighted by atomic mass is 10.1. The fourth-order valence-electron chi connectivity index (χ4n) is 3.19. The summed E-state index contributed by atoms with van der Waals surface area (Å²) in [5, 5.41) is 6.42. The van der Waals surface area contributed by atoms with E-state index in [1.54, 1.807) is 0 Å². The van der Waals surface area contributed by atoms with Gasteiger partial charge in [0.25, 0.3) is 0 Å². The summed E-state index contributed by atoms with van der Waals surface area (Å²) in [5.41, 5.74) is 3.32. The van der Waals surface area contributed by atoms with Gasteiger partial charge >= 0.3 is 6.03 Å². The first kappa shape index (κ1) is 18.3. The molecule has 0 aliphatic carbocycles. The third-order valence-electron chi connectivity index (χ3n) is 4.69. The van der Waals surface area contributed by atoms with Crippen LogP contribution in [0.2, 0.25) is 0 Å². The molecule has 1 fully saturated rings. The van der Waals surface area contributed by atoms with Gasteiger partial charge in [-0.3, -0.25) is 0 Å². The Morgan fingerprint density at radius 1 is 1.23 bits per heavy atom. The lowest BCUT2D eigenvalue weighted by molar-refractivity contribution is 0.177. The average Bonchev–Trinajstić information content (AvgIpc) is 2.67. The summed E-state index contributed by atoms with van der Waals surface area (Å²) in [6.07, 6.45) is 5.72. The molecule has 0 saturated carbocycles. The highest BCUT2D eigenvalue weighted by Crippen LogP contribution is 2.16. The van der Waals surface area contributed by atoms with E-state index in [9.17, 15) is 4.79 Å². The fraction of sp³-hybridized carbons (Fsp3) is 0.450. The Labute approximate surface area is 155 Å². The number of piperidine rings is 1. The lowest BCUT2D eigenvalue weighted by Gasteiger charge is -2.32. The summed E-state index contributed by atoms with van der Waals surface area (Å²) in [7, 11) is 0. The summed E-state index contributed by atoms with van der Waals surface area (Å²) in [4.78, 5) is 22.7. The molecule has 0 spiro atoms. The second kappa shape index (κ2) is 8.76. The number of benzene rings is 1. The summed E-state index contributed by atoms with van der Waals surface area (Å²) in [6, 6.07) is 8.69. The number of aromatic nitrogens is 2. The van der Waals surface area contributed by atoms with Crippen LogP contribution in [0.15, 0.2) is 36.7 Å². The van der Waals surface area contributed by atoms with E-state index in [4.69, 9.17) is 0 Å². The van der Waals surface area contributed by atoms with Gasteiger partial charge in [0.2, 0.25) is 0 Å². The maximum atomic E-state index is 11.8. The van der Waals surface area contributed by atoms with Crippen LogP contribution in [-0.4, -0.2) is 46.6 Å². The van der Waals surface area contributed by atoms with Crippen LogP contribution in [0, 0.1) is 6.92 Å².